The second kappa shape index (κ2) is 6.43. The number of aryl methyl sites for hydroxylation is 1. The molecule has 2 rings (SSSR count). The third-order valence-electron chi connectivity index (χ3n) is 3.78. The number of likely N-dealkylation sites (tertiary alicyclic amines) is 1. The highest BCUT2D eigenvalue weighted by Gasteiger charge is 2.28. The van der Waals surface area contributed by atoms with Gasteiger partial charge in [0.25, 0.3) is 0 Å². The fourth-order valence-corrected chi connectivity index (χ4v) is 3.15. The van der Waals surface area contributed by atoms with Gasteiger partial charge in [-0.05, 0) is 32.9 Å². The fraction of sp³-hybridized carbons (Fsp3) is 0.571. The maximum Gasteiger partial charge on any atom is 0.407 e. The highest BCUT2D eigenvalue weighted by atomic mass is 32.2. The van der Waals surface area contributed by atoms with Gasteiger partial charge in [-0.2, -0.15) is 0 Å². The molecule has 0 spiro atoms. The van der Waals surface area contributed by atoms with Crippen LogP contribution in [0.3, 0.4) is 0 Å². The lowest BCUT2D eigenvalue weighted by Crippen LogP contribution is -2.37. The summed E-state index contributed by atoms with van der Waals surface area (Å²) in [5, 5.41) is 9.67. The number of rotatable bonds is 3. The number of thioether (sulfide) groups is 1. The Balaban J connectivity index is 2.32. The molecular formula is C14H19N3O3S. The number of ketones is 1. The summed E-state index contributed by atoms with van der Waals surface area (Å²) < 4.78 is 0. The molecule has 1 N–H and O–H groups in total. The predicted molar refractivity (Wildman–Crippen MR) is 80.1 cm³/mol. The van der Waals surface area contributed by atoms with Crippen molar-refractivity contribution in [2.45, 2.75) is 37.8 Å². The second-order valence-corrected chi connectivity index (χ2v) is 5.93. The van der Waals surface area contributed by atoms with Crippen molar-refractivity contribution in [2.24, 2.45) is 0 Å². The van der Waals surface area contributed by atoms with Crippen LogP contribution in [0.5, 0.6) is 0 Å². The van der Waals surface area contributed by atoms with Crippen molar-refractivity contribution in [3.8, 4) is 0 Å². The Morgan fingerprint density at radius 3 is 2.38 bits per heavy atom. The number of aromatic nitrogens is 2. The van der Waals surface area contributed by atoms with Crippen molar-refractivity contribution < 1.29 is 14.7 Å². The van der Waals surface area contributed by atoms with Gasteiger partial charge in [0.1, 0.15) is 0 Å². The van der Waals surface area contributed by atoms with Crippen molar-refractivity contribution in [1.29, 1.82) is 0 Å². The van der Waals surface area contributed by atoms with Gasteiger partial charge in [-0.25, -0.2) is 14.8 Å². The first-order chi connectivity index (χ1) is 9.93. The molecule has 1 fully saturated rings. The zero-order valence-electron chi connectivity index (χ0n) is 12.4. The van der Waals surface area contributed by atoms with Crippen molar-refractivity contribution in [3.63, 3.8) is 0 Å². The summed E-state index contributed by atoms with van der Waals surface area (Å²) in [6.07, 6.45) is 2.40. The number of amides is 1. The molecule has 6 nitrogen and oxygen atoms in total. The van der Waals surface area contributed by atoms with E-state index in [0.717, 1.165) is 5.69 Å². The summed E-state index contributed by atoms with van der Waals surface area (Å²) in [6, 6.07) is 0. The van der Waals surface area contributed by atoms with E-state index in [1.165, 1.54) is 23.6 Å². The maximum atomic E-state index is 11.9. The van der Waals surface area contributed by atoms with Crippen LogP contribution >= 0.6 is 11.8 Å². The van der Waals surface area contributed by atoms with Crippen LogP contribution in [-0.4, -0.2) is 51.2 Å². The Hall–Kier alpha value is -1.63. The fourth-order valence-electron chi connectivity index (χ4n) is 2.73. The van der Waals surface area contributed by atoms with Crippen LogP contribution in [0.1, 0.15) is 47.4 Å². The van der Waals surface area contributed by atoms with Crippen molar-refractivity contribution in [3.05, 3.63) is 17.0 Å². The highest BCUT2D eigenvalue weighted by molar-refractivity contribution is 7.98. The van der Waals surface area contributed by atoms with E-state index in [2.05, 4.69) is 9.97 Å². The normalized spacial score (nSPS) is 16.0. The molecule has 1 amide bonds. The summed E-state index contributed by atoms with van der Waals surface area (Å²) in [6.45, 7) is 4.32. The molecule has 0 bridgehead atoms. The van der Waals surface area contributed by atoms with Crippen LogP contribution in [0.2, 0.25) is 0 Å². The van der Waals surface area contributed by atoms with Gasteiger partial charge >= 0.3 is 6.09 Å². The number of carboxylic acid groups (broad SMARTS) is 1. The molecule has 0 atom stereocenters. The van der Waals surface area contributed by atoms with Crippen LogP contribution in [0.25, 0.3) is 0 Å². The van der Waals surface area contributed by atoms with Crippen LogP contribution in [0.4, 0.5) is 4.79 Å². The topological polar surface area (TPSA) is 83.4 Å². The van der Waals surface area contributed by atoms with Gasteiger partial charge in [-0.3, -0.25) is 4.79 Å². The summed E-state index contributed by atoms with van der Waals surface area (Å²) in [5.74, 6) is 0.0860. The minimum Gasteiger partial charge on any atom is -0.465 e. The summed E-state index contributed by atoms with van der Waals surface area (Å²) >= 11 is 1.45. The molecule has 1 aromatic rings. The van der Waals surface area contributed by atoms with Crippen molar-refractivity contribution in [1.82, 2.24) is 14.9 Å². The van der Waals surface area contributed by atoms with Crippen molar-refractivity contribution in [2.75, 3.05) is 19.3 Å². The van der Waals surface area contributed by atoms with E-state index in [9.17, 15) is 9.59 Å². The largest absolute Gasteiger partial charge is 0.465 e. The molecule has 114 valence electrons. The summed E-state index contributed by atoms with van der Waals surface area (Å²) in [7, 11) is 0. The summed E-state index contributed by atoms with van der Waals surface area (Å²) in [4.78, 5) is 33.2. The Morgan fingerprint density at radius 1 is 1.29 bits per heavy atom. The van der Waals surface area contributed by atoms with Crippen LogP contribution in [0.15, 0.2) is 5.16 Å². The first kappa shape index (κ1) is 15.8. The first-order valence-electron chi connectivity index (χ1n) is 6.85. The van der Waals surface area contributed by atoms with Crippen LogP contribution in [-0.2, 0) is 0 Å². The van der Waals surface area contributed by atoms with E-state index < -0.39 is 6.09 Å². The van der Waals surface area contributed by atoms with E-state index in [1.54, 1.807) is 0 Å². The third kappa shape index (κ3) is 3.34. The predicted octanol–water partition coefficient (Wildman–Crippen LogP) is 2.57. The Bertz CT molecular complexity index is 569. The quantitative estimate of drug-likeness (QED) is 0.525. The zero-order chi connectivity index (χ0) is 15.6. The molecule has 1 aliphatic rings. The van der Waals surface area contributed by atoms with E-state index in [-0.39, 0.29) is 11.7 Å². The lowest BCUT2D eigenvalue weighted by atomic mass is 9.89. The monoisotopic (exact) mass is 309 g/mol. The minimum atomic E-state index is -0.885. The SMILES string of the molecule is CSc1nc(C)c(C(C)=O)c(C2CCN(C(=O)O)CC2)n1. The number of carbonyl (C=O) groups excluding carboxylic acids is 1. The number of piperidine rings is 1. The molecule has 0 unspecified atom stereocenters. The van der Waals surface area contributed by atoms with Gasteiger partial charge in [0.05, 0.1) is 17.0 Å². The Kier molecular flexibility index (Phi) is 4.82. The lowest BCUT2D eigenvalue weighted by molar-refractivity contribution is 0.101. The average molecular weight is 309 g/mol. The Labute approximate surface area is 128 Å². The van der Waals surface area contributed by atoms with E-state index in [1.807, 2.05) is 13.2 Å². The number of nitrogens with zero attached hydrogens (tertiary/aromatic N) is 3. The standard InChI is InChI=1S/C14H19N3O3S/c1-8-11(9(2)18)12(16-13(15-8)21-3)10-4-6-17(7-5-10)14(19)20/h10H,4-7H2,1-3H3,(H,19,20). The molecule has 0 aromatic carbocycles. The number of hydrogen-bond donors (Lipinski definition) is 1. The molecule has 0 aliphatic carbocycles. The van der Waals surface area contributed by atoms with E-state index in [4.69, 9.17) is 5.11 Å². The molecule has 0 radical (unpaired) electrons. The van der Waals surface area contributed by atoms with Gasteiger partial charge in [-0.1, -0.05) is 11.8 Å². The minimum absolute atomic E-state index is 0.0317. The molecule has 1 aliphatic heterocycles. The maximum absolute atomic E-state index is 11.9. The Morgan fingerprint density at radius 2 is 1.90 bits per heavy atom. The molecule has 1 aromatic heterocycles. The molecule has 21 heavy (non-hydrogen) atoms. The van der Waals surface area contributed by atoms with E-state index >= 15 is 0 Å². The van der Waals surface area contributed by atoms with Gasteiger partial charge in [0.15, 0.2) is 10.9 Å². The molecule has 0 saturated carbocycles. The number of hydrogen-bond acceptors (Lipinski definition) is 5. The summed E-state index contributed by atoms with van der Waals surface area (Å²) in [5.41, 5.74) is 2.09. The third-order valence-corrected chi connectivity index (χ3v) is 4.33. The highest BCUT2D eigenvalue weighted by Crippen LogP contribution is 2.31. The van der Waals surface area contributed by atoms with E-state index in [0.29, 0.717) is 42.3 Å². The zero-order valence-corrected chi connectivity index (χ0v) is 13.2. The molecule has 7 heteroatoms. The van der Waals surface area contributed by atoms with Crippen LogP contribution in [0, 0.1) is 6.92 Å². The van der Waals surface area contributed by atoms with Gasteiger partial charge in [-0.15, -0.1) is 0 Å². The second-order valence-electron chi connectivity index (χ2n) is 5.16. The lowest BCUT2D eigenvalue weighted by Gasteiger charge is -2.30. The molecular weight excluding hydrogens is 290 g/mol. The number of carbonyl (C=O) groups is 2. The van der Waals surface area contributed by atoms with Crippen LogP contribution < -0.4 is 0 Å². The van der Waals surface area contributed by atoms with Gasteiger partial charge in [0, 0.05) is 19.0 Å². The number of Topliss-reactive ketones (excluding diaryl/α,β-unsaturated/α-hetero) is 1. The van der Waals surface area contributed by atoms with Crippen molar-refractivity contribution >= 4 is 23.6 Å². The van der Waals surface area contributed by atoms with Gasteiger partial charge < -0.3 is 10.0 Å². The molecule has 2 heterocycles. The smallest absolute Gasteiger partial charge is 0.407 e. The van der Waals surface area contributed by atoms with Gasteiger partial charge in [0.2, 0.25) is 0 Å². The average Bonchev–Trinajstić information content (AvgIpc) is 2.45. The molecule has 1 saturated heterocycles. The first-order valence-corrected chi connectivity index (χ1v) is 8.07.